The van der Waals surface area contributed by atoms with Crippen molar-refractivity contribution in [3.63, 3.8) is 0 Å². The molecule has 9 nitrogen and oxygen atoms in total. The number of hydrogen-bond donors (Lipinski definition) is 3. The highest BCUT2D eigenvalue weighted by atomic mass is 16.5. The van der Waals surface area contributed by atoms with Gasteiger partial charge in [-0.15, -0.1) is 0 Å². The molecule has 0 unspecified atom stereocenters. The summed E-state index contributed by atoms with van der Waals surface area (Å²) in [6.07, 6.45) is 0. The number of fused-ring (bicyclic) bond motifs is 2. The van der Waals surface area contributed by atoms with Crippen molar-refractivity contribution in [2.75, 3.05) is 28.4 Å². The first-order valence-electron chi connectivity index (χ1n) is 7.31. The van der Waals surface area contributed by atoms with Crippen LogP contribution in [0.1, 0.15) is 0 Å². The van der Waals surface area contributed by atoms with Gasteiger partial charge in [-0.3, -0.25) is 4.79 Å². The van der Waals surface area contributed by atoms with Crippen molar-refractivity contribution < 1.29 is 38.7 Å². The molecule has 1 heterocycles. The fraction of sp³-hybridized carbons (Fsp3) is 0.235. The fourth-order valence-corrected chi connectivity index (χ4v) is 2.88. The van der Waals surface area contributed by atoms with Gasteiger partial charge in [-0.2, -0.15) is 0 Å². The summed E-state index contributed by atoms with van der Waals surface area (Å²) in [5, 5.41) is 30.2. The Morgan fingerprint density at radius 2 is 1.31 bits per heavy atom. The van der Waals surface area contributed by atoms with Gasteiger partial charge >= 0.3 is 0 Å². The largest absolute Gasteiger partial charge is 0.507 e. The zero-order valence-corrected chi connectivity index (χ0v) is 14.4. The first kappa shape index (κ1) is 17.3. The fourth-order valence-electron chi connectivity index (χ4n) is 2.88. The van der Waals surface area contributed by atoms with Crippen LogP contribution in [0, 0.1) is 0 Å². The van der Waals surface area contributed by atoms with Crippen molar-refractivity contribution >= 4 is 21.9 Å². The van der Waals surface area contributed by atoms with E-state index in [1.165, 1.54) is 28.4 Å². The van der Waals surface area contributed by atoms with Crippen LogP contribution in [-0.2, 0) is 0 Å². The summed E-state index contributed by atoms with van der Waals surface area (Å²) in [5.74, 6) is -1.81. The Labute approximate surface area is 146 Å². The molecule has 1 aromatic heterocycles. The normalized spacial score (nSPS) is 10.9. The van der Waals surface area contributed by atoms with Gasteiger partial charge in [0.2, 0.25) is 28.4 Å². The van der Waals surface area contributed by atoms with Crippen molar-refractivity contribution in [1.82, 2.24) is 0 Å². The molecular weight excluding hydrogens is 348 g/mol. The SMILES string of the molecule is COc1c(OC)c(OC)c2c(=O)c3c(O)cc(O)c(OC)c3oc2c1O. The second kappa shape index (κ2) is 6.10. The number of rotatable bonds is 4. The van der Waals surface area contributed by atoms with Crippen molar-refractivity contribution in [2.45, 2.75) is 0 Å². The van der Waals surface area contributed by atoms with E-state index in [2.05, 4.69) is 0 Å². The number of phenolic OH excluding ortho intramolecular Hbond substituents is 3. The van der Waals surface area contributed by atoms with Crippen LogP contribution in [0.15, 0.2) is 15.3 Å². The highest BCUT2D eigenvalue weighted by molar-refractivity contribution is 6.03. The van der Waals surface area contributed by atoms with Crippen molar-refractivity contribution in [2.24, 2.45) is 0 Å². The first-order chi connectivity index (χ1) is 12.4. The van der Waals surface area contributed by atoms with Crippen molar-refractivity contribution in [3.8, 4) is 40.2 Å². The van der Waals surface area contributed by atoms with Crippen LogP contribution in [0.25, 0.3) is 21.9 Å². The molecule has 0 fully saturated rings. The Morgan fingerprint density at radius 1 is 0.731 bits per heavy atom. The number of ether oxygens (including phenoxy) is 4. The van der Waals surface area contributed by atoms with Crippen LogP contribution in [0.2, 0.25) is 0 Å². The van der Waals surface area contributed by atoms with E-state index in [9.17, 15) is 20.1 Å². The Balaban J connectivity index is 2.70. The second-order valence-corrected chi connectivity index (χ2v) is 5.24. The molecule has 0 atom stereocenters. The molecule has 3 aromatic rings. The standard InChI is InChI=1S/C17H16O9/c1-22-12-7(19)5-6(18)8-10(20)9-13(26-15(8)12)11(21)16(24-3)17(25-4)14(9)23-2/h5,18-19,21H,1-4H3. The molecule has 0 bridgehead atoms. The summed E-state index contributed by atoms with van der Waals surface area (Å²) in [6.45, 7) is 0. The minimum absolute atomic E-state index is 0.0168. The topological polar surface area (TPSA) is 128 Å². The van der Waals surface area contributed by atoms with E-state index in [1.54, 1.807) is 0 Å². The third-order valence-corrected chi connectivity index (χ3v) is 3.97. The lowest BCUT2D eigenvalue weighted by atomic mass is 10.1. The van der Waals surface area contributed by atoms with Crippen molar-refractivity contribution in [3.05, 3.63) is 16.3 Å². The number of benzene rings is 2. The van der Waals surface area contributed by atoms with Gasteiger partial charge in [0.25, 0.3) is 0 Å². The van der Waals surface area contributed by atoms with E-state index >= 15 is 0 Å². The van der Waals surface area contributed by atoms with Crippen LogP contribution < -0.4 is 24.4 Å². The molecule has 2 aromatic carbocycles. The third-order valence-electron chi connectivity index (χ3n) is 3.97. The highest BCUT2D eigenvalue weighted by Crippen LogP contribution is 2.51. The molecule has 138 valence electrons. The molecule has 26 heavy (non-hydrogen) atoms. The van der Waals surface area contributed by atoms with E-state index in [0.717, 1.165) is 6.07 Å². The summed E-state index contributed by atoms with van der Waals surface area (Å²) in [6, 6.07) is 0.955. The molecule has 0 aliphatic heterocycles. The summed E-state index contributed by atoms with van der Waals surface area (Å²) in [7, 11) is 5.16. The van der Waals surface area contributed by atoms with Crippen LogP contribution in [0.5, 0.6) is 40.2 Å². The third kappa shape index (κ3) is 2.13. The van der Waals surface area contributed by atoms with E-state index in [4.69, 9.17) is 23.4 Å². The number of phenols is 3. The van der Waals surface area contributed by atoms with E-state index in [-0.39, 0.29) is 44.9 Å². The van der Waals surface area contributed by atoms with Gasteiger partial charge in [-0.05, 0) is 0 Å². The monoisotopic (exact) mass is 364 g/mol. The van der Waals surface area contributed by atoms with E-state index < -0.39 is 22.7 Å². The van der Waals surface area contributed by atoms with Crippen LogP contribution >= 0.6 is 0 Å². The summed E-state index contributed by atoms with van der Waals surface area (Å²) >= 11 is 0. The van der Waals surface area contributed by atoms with E-state index in [0.29, 0.717) is 0 Å². The van der Waals surface area contributed by atoms with Crippen LogP contribution in [0.3, 0.4) is 0 Å². The molecule has 0 aliphatic carbocycles. The van der Waals surface area contributed by atoms with Gasteiger partial charge in [0.05, 0.1) is 28.4 Å². The number of methoxy groups -OCH3 is 4. The highest BCUT2D eigenvalue weighted by Gasteiger charge is 2.29. The molecule has 0 radical (unpaired) electrons. The molecule has 0 saturated carbocycles. The predicted molar refractivity (Wildman–Crippen MR) is 91.2 cm³/mol. The van der Waals surface area contributed by atoms with Crippen LogP contribution in [-0.4, -0.2) is 43.8 Å². The first-order valence-corrected chi connectivity index (χ1v) is 7.31. The Hall–Kier alpha value is -3.49. The number of hydrogen-bond acceptors (Lipinski definition) is 9. The molecule has 3 N–H and O–H groups in total. The van der Waals surface area contributed by atoms with Gasteiger partial charge < -0.3 is 38.7 Å². The van der Waals surface area contributed by atoms with Crippen LogP contribution in [0.4, 0.5) is 0 Å². The summed E-state index contributed by atoms with van der Waals surface area (Å²) in [5.41, 5.74) is -1.24. The average molecular weight is 364 g/mol. The maximum absolute atomic E-state index is 13.0. The lowest BCUT2D eigenvalue weighted by Gasteiger charge is -2.16. The predicted octanol–water partition coefficient (Wildman–Crippen LogP) is 2.10. The second-order valence-electron chi connectivity index (χ2n) is 5.24. The molecular formula is C17H16O9. The molecule has 3 rings (SSSR count). The lowest BCUT2D eigenvalue weighted by Crippen LogP contribution is -2.07. The maximum Gasteiger partial charge on any atom is 0.211 e. The Bertz CT molecular complexity index is 1080. The summed E-state index contributed by atoms with van der Waals surface area (Å²) in [4.78, 5) is 13.0. The van der Waals surface area contributed by atoms with Gasteiger partial charge in [-0.1, -0.05) is 0 Å². The average Bonchev–Trinajstić information content (AvgIpc) is 2.61. The van der Waals surface area contributed by atoms with Gasteiger partial charge in [0, 0.05) is 6.07 Å². The Kier molecular flexibility index (Phi) is 4.07. The van der Waals surface area contributed by atoms with Gasteiger partial charge in [0.1, 0.15) is 16.5 Å². The minimum Gasteiger partial charge on any atom is -0.507 e. The Morgan fingerprint density at radius 3 is 1.85 bits per heavy atom. The van der Waals surface area contributed by atoms with Gasteiger partial charge in [0.15, 0.2) is 22.7 Å². The summed E-state index contributed by atoms with van der Waals surface area (Å²) < 4.78 is 26.2. The van der Waals surface area contributed by atoms with Gasteiger partial charge in [-0.25, -0.2) is 0 Å². The van der Waals surface area contributed by atoms with Crippen molar-refractivity contribution in [1.29, 1.82) is 0 Å². The number of aromatic hydroxyl groups is 3. The zero-order valence-electron chi connectivity index (χ0n) is 14.4. The minimum atomic E-state index is -0.717. The smallest absolute Gasteiger partial charge is 0.211 e. The quantitative estimate of drug-likeness (QED) is 0.596. The molecule has 9 heteroatoms. The van der Waals surface area contributed by atoms with E-state index in [1.807, 2.05) is 0 Å². The maximum atomic E-state index is 13.0. The molecule has 0 amide bonds. The lowest BCUT2D eigenvalue weighted by molar-refractivity contribution is 0.312. The molecule has 0 saturated heterocycles. The zero-order chi connectivity index (χ0) is 19.2. The molecule has 0 spiro atoms. The molecule has 0 aliphatic rings.